The summed E-state index contributed by atoms with van der Waals surface area (Å²) in [4.78, 5) is 0. The third kappa shape index (κ3) is 5.10. The average Bonchev–Trinajstić information content (AvgIpc) is 2.29. The van der Waals surface area contributed by atoms with E-state index in [-0.39, 0.29) is 5.54 Å². The van der Waals surface area contributed by atoms with Gasteiger partial charge >= 0.3 is 0 Å². The monoisotopic (exact) mass is 253 g/mol. The molecule has 1 atom stereocenters. The molecule has 96 valence electrons. The molecule has 2 N–H and O–H groups in total. The highest BCUT2D eigenvalue weighted by Gasteiger charge is 2.20. The fraction of sp³-hybridized carbons (Fsp3) is 0.600. The lowest BCUT2D eigenvalue weighted by atomic mass is 9.87. The van der Waals surface area contributed by atoms with E-state index >= 15 is 0 Å². The van der Waals surface area contributed by atoms with Gasteiger partial charge in [0.2, 0.25) is 0 Å². The second-order valence-electron chi connectivity index (χ2n) is 5.09. The molecule has 1 nitrogen and oxygen atoms in total. The van der Waals surface area contributed by atoms with Crippen molar-refractivity contribution in [2.24, 2.45) is 5.73 Å². The van der Waals surface area contributed by atoms with E-state index in [1.165, 1.54) is 37.7 Å². The molecule has 0 amide bonds. The standard InChI is InChI=1S/C15H24ClN/c1-3-4-5-6-7-12-15(2,17)13-8-10-14(16)11-9-13/h8-11H,3-7,12,17H2,1-2H3. The Balaban J connectivity index is 2.42. The van der Waals surface area contributed by atoms with Crippen LogP contribution >= 0.6 is 11.6 Å². The van der Waals surface area contributed by atoms with Crippen LogP contribution in [-0.4, -0.2) is 0 Å². The van der Waals surface area contributed by atoms with Gasteiger partial charge in [-0.2, -0.15) is 0 Å². The molecule has 0 saturated carbocycles. The molecule has 0 heterocycles. The largest absolute Gasteiger partial charge is 0.322 e. The number of hydrogen-bond donors (Lipinski definition) is 1. The summed E-state index contributed by atoms with van der Waals surface area (Å²) >= 11 is 5.88. The van der Waals surface area contributed by atoms with Crippen LogP contribution in [0.5, 0.6) is 0 Å². The van der Waals surface area contributed by atoms with Crippen molar-refractivity contribution >= 4 is 11.6 Å². The maximum Gasteiger partial charge on any atom is 0.0406 e. The lowest BCUT2D eigenvalue weighted by Crippen LogP contribution is -2.32. The minimum absolute atomic E-state index is 0.225. The van der Waals surface area contributed by atoms with Gasteiger partial charge in [-0.15, -0.1) is 0 Å². The maximum absolute atomic E-state index is 6.36. The van der Waals surface area contributed by atoms with E-state index in [1.807, 2.05) is 24.3 Å². The SMILES string of the molecule is CCCCCCCC(C)(N)c1ccc(Cl)cc1. The van der Waals surface area contributed by atoms with Crippen LogP contribution in [-0.2, 0) is 5.54 Å². The van der Waals surface area contributed by atoms with Gasteiger partial charge in [0.25, 0.3) is 0 Å². The van der Waals surface area contributed by atoms with Crippen LogP contribution in [0, 0.1) is 0 Å². The van der Waals surface area contributed by atoms with Crippen molar-refractivity contribution in [3.63, 3.8) is 0 Å². The van der Waals surface area contributed by atoms with Crippen LogP contribution in [0.3, 0.4) is 0 Å². The van der Waals surface area contributed by atoms with Gasteiger partial charge < -0.3 is 5.73 Å². The first kappa shape index (κ1) is 14.5. The van der Waals surface area contributed by atoms with E-state index in [1.54, 1.807) is 0 Å². The molecule has 0 bridgehead atoms. The lowest BCUT2D eigenvalue weighted by Gasteiger charge is -2.25. The first-order valence-corrected chi connectivity index (χ1v) is 6.99. The maximum atomic E-state index is 6.36. The summed E-state index contributed by atoms with van der Waals surface area (Å²) < 4.78 is 0. The summed E-state index contributed by atoms with van der Waals surface area (Å²) in [5.41, 5.74) is 7.31. The van der Waals surface area contributed by atoms with Crippen molar-refractivity contribution in [1.29, 1.82) is 0 Å². The zero-order chi connectivity index (χ0) is 12.7. The van der Waals surface area contributed by atoms with Crippen molar-refractivity contribution in [3.8, 4) is 0 Å². The number of unbranched alkanes of at least 4 members (excludes halogenated alkanes) is 4. The van der Waals surface area contributed by atoms with Gasteiger partial charge in [-0.25, -0.2) is 0 Å². The van der Waals surface area contributed by atoms with E-state index in [9.17, 15) is 0 Å². The average molecular weight is 254 g/mol. The molecule has 1 unspecified atom stereocenters. The topological polar surface area (TPSA) is 26.0 Å². The van der Waals surface area contributed by atoms with Crippen LogP contribution in [0.2, 0.25) is 5.02 Å². The molecular weight excluding hydrogens is 230 g/mol. The van der Waals surface area contributed by atoms with E-state index in [0.29, 0.717) is 0 Å². The quantitative estimate of drug-likeness (QED) is 0.689. The summed E-state index contributed by atoms with van der Waals surface area (Å²) in [7, 11) is 0. The highest BCUT2D eigenvalue weighted by molar-refractivity contribution is 6.30. The molecule has 0 aromatic heterocycles. The normalized spacial score (nSPS) is 14.6. The fourth-order valence-corrected chi connectivity index (χ4v) is 2.20. The first-order chi connectivity index (χ1) is 8.06. The van der Waals surface area contributed by atoms with Crippen molar-refractivity contribution < 1.29 is 0 Å². The summed E-state index contributed by atoms with van der Waals surface area (Å²) in [6.07, 6.45) is 7.48. The number of nitrogens with two attached hydrogens (primary N) is 1. The smallest absolute Gasteiger partial charge is 0.0406 e. The third-order valence-corrected chi connectivity index (χ3v) is 3.56. The van der Waals surface area contributed by atoms with Gasteiger partial charge in [-0.05, 0) is 31.0 Å². The predicted octanol–water partition coefficient (Wildman–Crippen LogP) is 4.87. The first-order valence-electron chi connectivity index (χ1n) is 6.61. The Kier molecular flexibility index (Phi) is 6.01. The van der Waals surface area contributed by atoms with Crippen molar-refractivity contribution in [1.82, 2.24) is 0 Å². The van der Waals surface area contributed by atoms with Crippen LogP contribution in [0.25, 0.3) is 0 Å². The van der Waals surface area contributed by atoms with Crippen molar-refractivity contribution in [2.45, 2.75) is 57.9 Å². The van der Waals surface area contributed by atoms with E-state index in [0.717, 1.165) is 11.4 Å². The summed E-state index contributed by atoms with van der Waals surface area (Å²) in [6, 6.07) is 7.90. The Hall–Kier alpha value is -0.530. The number of halogens is 1. The van der Waals surface area contributed by atoms with Crippen molar-refractivity contribution in [3.05, 3.63) is 34.9 Å². The zero-order valence-corrected chi connectivity index (χ0v) is 11.8. The van der Waals surface area contributed by atoms with E-state index in [2.05, 4.69) is 13.8 Å². The van der Waals surface area contributed by atoms with Crippen LogP contribution in [0.15, 0.2) is 24.3 Å². The number of hydrogen-bond acceptors (Lipinski definition) is 1. The Bertz CT molecular complexity index is 316. The molecule has 0 fully saturated rings. The Morgan fingerprint density at radius 1 is 1.06 bits per heavy atom. The van der Waals surface area contributed by atoms with Gasteiger partial charge in [0.15, 0.2) is 0 Å². The third-order valence-electron chi connectivity index (χ3n) is 3.30. The molecule has 1 aromatic carbocycles. The molecule has 17 heavy (non-hydrogen) atoms. The van der Waals surface area contributed by atoms with Crippen LogP contribution in [0.1, 0.15) is 57.9 Å². The fourth-order valence-electron chi connectivity index (χ4n) is 2.07. The van der Waals surface area contributed by atoms with Crippen LogP contribution < -0.4 is 5.73 Å². The van der Waals surface area contributed by atoms with E-state index in [4.69, 9.17) is 17.3 Å². The van der Waals surface area contributed by atoms with Gasteiger partial charge in [0.05, 0.1) is 0 Å². The second-order valence-corrected chi connectivity index (χ2v) is 5.53. The molecule has 0 aliphatic heterocycles. The van der Waals surface area contributed by atoms with Gasteiger partial charge in [0, 0.05) is 10.6 Å². The minimum atomic E-state index is -0.225. The zero-order valence-electron chi connectivity index (χ0n) is 11.0. The number of benzene rings is 1. The van der Waals surface area contributed by atoms with Crippen LogP contribution in [0.4, 0.5) is 0 Å². The van der Waals surface area contributed by atoms with Crippen molar-refractivity contribution in [2.75, 3.05) is 0 Å². The second kappa shape index (κ2) is 7.03. The molecule has 0 aliphatic carbocycles. The minimum Gasteiger partial charge on any atom is -0.322 e. The molecule has 0 spiro atoms. The van der Waals surface area contributed by atoms with Gasteiger partial charge in [-0.3, -0.25) is 0 Å². The molecule has 0 saturated heterocycles. The summed E-state index contributed by atoms with van der Waals surface area (Å²) in [6.45, 7) is 4.34. The molecule has 0 radical (unpaired) electrons. The Labute approximate surface area is 110 Å². The highest BCUT2D eigenvalue weighted by atomic mass is 35.5. The van der Waals surface area contributed by atoms with Gasteiger partial charge in [-0.1, -0.05) is 62.8 Å². The molecule has 1 aromatic rings. The highest BCUT2D eigenvalue weighted by Crippen LogP contribution is 2.25. The van der Waals surface area contributed by atoms with Gasteiger partial charge in [0.1, 0.15) is 0 Å². The summed E-state index contributed by atoms with van der Waals surface area (Å²) in [5, 5.41) is 0.771. The Morgan fingerprint density at radius 3 is 2.24 bits per heavy atom. The number of rotatable bonds is 7. The Morgan fingerprint density at radius 2 is 1.65 bits per heavy atom. The molecule has 0 aliphatic rings. The molecular formula is C15H24ClN. The predicted molar refractivity (Wildman–Crippen MR) is 76.4 cm³/mol. The summed E-state index contributed by atoms with van der Waals surface area (Å²) in [5.74, 6) is 0. The van der Waals surface area contributed by atoms with E-state index < -0.39 is 0 Å². The lowest BCUT2D eigenvalue weighted by molar-refractivity contribution is 0.422. The molecule has 1 rings (SSSR count). The molecule has 2 heteroatoms.